The molecule has 5 heteroatoms. The van der Waals surface area contributed by atoms with Gasteiger partial charge < -0.3 is 0 Å². The highest BCUT2D eigenvalue weighted by atomic mass is 32.1. The lowest BCUT2D eigenvalue weighted by Crippen LogP contribution is -2.00. The second kappa shape index (κ2) is 3.35. The van der Waals surface area contributed by atoms with E-state index in [0.29, 0.717) is 4.77 Å². The Kier molecular flexibility index (Phi) is 2.21. The van der Waals surface area contributed by atoms with E-state index in [0.717, 1.165) is 12.5 Å². The van der Waals surface area contributed by atoms with E-state index in [2.05, 4.69) is 15.5 Å². The van der Waals surface area contributed by atoms with Crippen LogP contribution in [0.25, 0.3) is 0 Å². The Morgan fingerprint density at radius 3 is 3.00 bits per heavy atom. The van der Waals surface area contributed by atoms with Crippen molar-refractivity contribution in [1.82, 2.24) is 20.2 Å². The summed E-state index contributed by atoms with van der Waals surface area (Å²) in [4.78, 5) is 0. The number of hydrogen-bond acceptors (Lipinski definition) is 3. The molecule has 1 heterocycles. The van der Waals surface area contributed by atoms with Crippen molar-refractivity contribution in [2.24, 2.45) is 5.92 Å². The number of aryl methyl sites for hydroxylation is 1. The van der Waals surface area contributed by atoms with E-state index in [4.69, 9.17) is 12.2 Å². The molecule has 1 aromatic heterocycles. The number of nitrogens with one attached hydrogen (secondary N) is 1. The molecular formula is C7H12N4S. The van der Waals surface area contributed by atoms with E-state index in [1.54, 1.807) is 0 Å². The van der Waals surface area contributed by atoms with Crippen molar-refractivity contribution < 1.29 is 0 Å². The summed E-state index contributed by atoms with van der Waals surface area (Å²) in [5, 5.41) is 10.1. The molecule has 0 bridgehead atoms. The first-order chi connectivity index (χ1) is 5.86. The first-order valence-corrected chi connectivity index (χ1v) is 4.75. The third-order valence-corrected chi connectivity index (χ3v) is 2.52. The Morgan fingerprint density at radius 2 is 2.42 bits per heavy atom. The SMILES string of the molecule is S=c1nn[nH]n1CCCC1CC1. The lowest BCUT2D eigenvalue weighted by atomic mass is 10.2. The number of aromatic amines is 1. The van der Waals surface area contributed by atoms with Crippen LogP contribution in [0.15, 0.2) is 0 Å². The van der Waals surface area contributed by atoms with Crippen molar-refractivity contribution in [2.75, 3.05) is 0 Å². The largest absolute Gasteiger partial charge is 0.242 e. The fourth-order valence-electron chi connectivity index (χ4n) is 1.31. The van der Waals surface area contributed by atoms with Gasteiger partial charge in [-0.15, -0.1) is 0 Å². The summed E-state index contributed by atoms with van der Waals surface area (Å²) in [5.41, 5.74) is 0. The lowest BCUT2D eigenvalue weighted by Gasteiger charge is -1.98. The Morgan fingerprint density at radius 1 is 1.58 bits per heavy atom. The maximum Gasteiger partial charge on any atom is 0.238 e. The van der Waals surface area contributed by atoms with Gasteiger partial charge in [-0.05, 0) is 31.0 Å². The van der Waals surface area contributed by atoms with E-state index in [1.165, 1.54) is 25.7 Å². The van der Waals surface area contributed by atoms with Crippen LogP contribution in [0.3, 0.4) is 0 Å². The molecule has 1 N–H and O–H groups in total. The normalized spacial score (nSPS) is 16.7. The van der Waals surface area contributed by atoms with E-state index in [9.17, 15) is 0 Å². The maximum atomic E-state index is 4.94. The molecule has 0 spiro atoms. The quantitative estimate of drug-likeness (QED) is 0.722. The summed E-state index contributed by atoms with van der Waals surface area (Å²) in [6.45, 7) is 0.933. The molecule has 66 valence electrons. The highest BCUT2D eigenvalue weighted by Crippen LogP contribution is 2.33. The molecule has 0 amide bonds. The molecule has 4 nitrogen and oxygen atoms in total. The van der Waals surface area contributed by atoms with Gasteiger partial charge in [-0.3, -0.25) is 0 Å². The molecule has 1 fully saturated rings. The van der Waals surface area contributed by atoms with Crippen molar-refractivity contribution in [3.8, 4) is 0 Å². The molecule has 1 aliphatic carbocycles. The Bertz CT molecular complexity index is 298. The number of hydrogen-bond donors (Lipinski definition) is 1. The summed E-state index contributed by atoms with van der Waals surface area (Å²) < 4.78 is 2.38. The van der Waals surface area contributed by atoms with Gasteiger partial charge in [-0.2, -0.15) is 5.21 Å². The van der Waals surface area contributed by atoms with Crippen molar-refractivity contribution in [3.63, 3.8) is 0 Å². The number of aromatic nitrogens is 4. The van der Waals surface area contributed by atoms with Crippen LogP contribution < -0.4 is 0 Å². The Hall–Kier alpha value is -0.710. The van der Waals surface area contributed by atoms with Crippen LogP contribution in [-0.4, -0.2) is 20.2 Å². The summed E-state index contributed by atoms with van der Waals surface area (Å²) in [6, 6.07) is 0. The summed E-state index contributed by atoms with van der Waals surface area (Å²) in [7, 11) is 0. The zero-order valence-electron chi connectivity index (χ0n) is 6.86. The van der Waals surface area contributed by atoms with Gasteiger partial charge >= 0.3 is 0 Å². The van der Waals surface area contributed by atoms with Crippen molar-refractivity contribution in [3.05, 3.63) is 4.77 Å². The van der Waals surface area contributed by atoms with Crippen molar-refractivity contribution in [1.29, 1.82) is 0 Å². The molecule has 0 radical (unpaired) electrons. The van der Waals surface area contributed by atoms with Gasteiger partial charge in [0.1, 0.15) is 0 Å². The summed E-state index contributed by atoms with van der Waals surface area (Å²) in [6.07, 6.45) is 5.35. The Labute approximate surface area is 76.0 Å². The van der Waals surface area contributed by atoms with Gasteiger partial charge in [0.05, 0.1) is 0 Å². The topological polar surface area (TPSA) is 46.5 Å². The first kappa shape index (κ1) is 7.91. The van der Waals surface area contributed by atoms with Gasteiger partial charge in [-0.1, -0.05) is 23.2 Å². The summed E-state index contributed by atoms with van der Waals surface area (Å²) >= 11 is 4.94. The van der Waals surface area contributed by atoms with Crippen LogP contribution in [0.4, 0.5) is 0 Å². The first-order valence-electron chi connectivity index (χ1n) is 4.34. The van der Waals surface area contributed by atoms with Crippen LogP contribution in [-0.2, 0) is 6.54 Å². The number of tetrazole rings is 1. The van der Waals surface area contributed by atoms with Crippen molar-refractivity contribution >= 4 is 12.2 Å². The smallest absolute Gasteiger partial charge is 0.238 e. The third-order valence-electron chi connectivity index (χ3n) is 2.22. The minimum absolute atomic E-state index is 0.561. The fourth-order valence-corrected chi connectivity index (χ4v) is 1.48. The molecule has 12 heavy (non-hydrogen) atoms. The summed E-state index contributed by atoms with van der Waals surface area (Å²) in [5.74, 6) is 0.995. The average Bonchev–Trinajstić information content (AvgIpc) is 2.78. The molecule has 0 aromatic carbocycles. The highest BCUT2D eigenvalue weighted by molar-refractivity contribution is 7.71. The van der Waals surface area contributed by atoms with Gasteiger partial charge in [0.2, 0.25) is 4.77 Å². The Balaban J connectivity index is 1.78. The predicted molar refractivity (Wildman–Crippen MR) is 47.2 cm³/mol. The van der Waals surface area contributed by atoms with Gasteiger partial charge in [0.15, 0.2) is 0 Å². The number of nitrogens with zero attached hydrogens (tertiary/aromatic N) is 3. The molecule has 0 atom stereocenters. The second-order valence-electron chi connectivity index (χ2n) is 3.32. The second-order valence-corrected chi connectivity index (χ2v) is 3.68. The molecular weight excluding hydrogens is 172 g/mol. The fraction of sp³-hybridized carbons (Fsp3) is 0.857. The van der Waals surface area contributed by atoms with Gasteiger partial charge in [0, 0.05) is 6.54 Å². The maximum absolute atomic E-state index is 4.94. The molecule has 1 saturated carbocycles. The molecule has 1 aliphatic rings. The van der Waals surface area contributed by atoms with Crippen LogP contribution in [0, 0.1) is 10.7 Å². The number of H-pyrrole nitrogens is 1. The zero-order valence-corrected chi connectivity index (χ0v) is 7.68. The van der Waals surface area contributed by atoms with Crippen molar-refractivity contribution in [2.45, 2.75) is 32.2 Å². The number of rotatable bonds is 4. The van der Waals surface area contributed by atoms with Gasteiger partial charge in [0.25, 0.3) is 0 Å². The molecule has 0 saturated heterocycles. The highest BCUT2D eigenvalue weighted by Gasteiger charge is 2.20. The molecule has 1 aromatic rings. The molecule has 0 aliphatic heterocycles. The monoisotopic (exact) mass is 184 g/mol. The third kappa shape index (κ3) is 1.91. The van der Waals surface area contributed by atoms with Gasteiger partial charge in [-0.25, -0.2) is 4.68 Å². The standard InChI is InChI=1S/C7H12N4S/c12-7-8-9-10-11(7)5-1-2-6-3-4-6/h6H,1-5H2,(H,8,10,12). The van der Waals surface area contributed by atoms with Crippen LogP contribution in [0.5, 0.6) is 0 Å². The van der Waals surface area contributed by atoms with E-state index < -0.39 is 0 Å². The van der Waals surface area contributed by atoms with E-state index in [-0.39, 0.29) is 0 Å². The van der Waals surface area contributed by atoms with E-state index in [1.807, 2.05) is 4.68 Å². The average molecular weight is 184 g/mol. The molecule has 2 rings (SSSR count). The molecule has 0 unspecified atom stereocenters. The van der Waals surface area contributed by atoms with Crippen LogP contribution in [0.1, 0.15) is 25.7 Å². The minimum Gasteiger partial charge on any atom is -0.242 e. The lowest BCUT2D eigenvalue weighted by molar-refractivity contribution is 0.519. The zero-order chi connectivity index (χ0) is 8.39. The van der Waals surface area contributed by atoms with Crippen LogP contribution in [0.2, 0.25) is 0 Å². The predicted octanol–water partition coefficient (Wildman–Crippen LogP) is 1.53. The minimum atomic E-state index is 0.561. The van der Waals surface area contributed by atoms with Crippen LogP contribution >= 0.6 is 12.2 Å². The van der Waals surface area contributed by atoms with E-state index >= 15 is 0 Å².